The van der Waals surface area contributed by atoms with Gasteiger partial charge in [-0.3, -0.25) is 0 Å². The smallest absolute Gasteiger partial charge is 0.232 e. The van der Waals surface area contributed by atoms with Gasteiger partial charge in [-0.1, -0.05) is 23.7 Å². The van der Waals surface area contributed by atoms with Crippen LogP contribution in [0.5, 0.6) is 0 Å². The number of rotatable bonds is 7. The van der Waals surface area contributed by atoms with E-state index in [0.717, 1.165) is 47.4 Å². The lowest BCUT2D eigenvalue weighted by atomic mass is 10.00. The molecule has 3 aromatic heterocycles. The van der Waals surface area contributed by atoms with E-state index in [4.69, 9.17) is 16.0 Å². The number of benzene rings is 1. The van der Waals surface area contributed by atoms with Gasteiger partial charge in [0.15, 0.2) is 0 Å². The molecule has 0 atom stereocenters. The molecule has 160 valence electrons. The predicted molar refractivity (Wildman–Crippen MR) is 122 cm³/mol. The molecule has 0 radical (unpaired) electrons. The zero-order chi connectivity index (χ0) is 22.0. The van der Waals surface area contributed by atoms with Gasteiger partial charge in [-0.05, 0) is 56.9 Å². The van der Waals surface area contributed by atoms with Crippen LogP contribution in [0.15, 0.2) is 53.3 Å². The summed E-state index contributed by atoms with van der Waals surface area (Å²) in [5.74, 6) is 1.05. The van der Waals surface area contributed by atoms with Crippen molar-refractivity contribution in [2.75, 3.05) is 39.1 Å². The Labute approximate surface area is 185 Å². The first-order valence-corrected chi connectivity index (χ1v) is 10.3. The fourth-order valence-electron chi connectivity index (χ4n) is 3.54. The molecule has 31 heavy (non-hydrogen) atoms. The molecule has 4 rings (SSSR count). The predicted octanol–water partition coefficient (Wildman–Crippen LogP) is 5.13. The monoisotopic (exact) mass is 439 g/mol. The van der Waals surface area contributed by atoms with Gasteiger partial charge in [0.05, 0.1) is 5.39 Å². The minimum atomic E-state index is -0.302. The molecule has 8 heteroatoms. The largest absolute Gasteiger partial charge is 0.437 e. The second-order valence-electron chi connectivity index (χ2n) is 7.64. The number of furan rings is 1. The summed E-state index contributed by atoms with van der Waals surface area (Å²) in [5, 5.41) is 1.18. The molecule has 0 bridgehead atoms. The van der Waals surface area contributed by atoms with E-state index in [-0.39, 0.29) is 5.82 Å². The third-order valence-corrected chi connectivity index (χ3v) is 5.27. The fraction of sp³-hybridized carbons (Fsp3) is 0.261. The molecule has 0 saturated carbocycles. The Kier molecular flexibility index (Phi) is 6.15. The first kappa shape index (κ1) is 21.2. The summed E-state index contributed by atoms with van der Waals surface area (Å²) in [6, 6.07) is 9.88. The number of aromatic nitrogens is 3. The van der Waals surface area contributed by atoms with Gasteiger partial charge in [0.1, 0.15) is 28.9 Å². The van der Waals surface area contributed by atoms with Gasteiger partial charge in [0.2, 0.25) is 5.71 Å². The number of hydrogen-bond donors (Lipinski definition) is 0. The third kappa shape index (κ3) is 4.52. The van der Waals surface area contributed by atoms with Crippen LogP contribution >= 0.6 is 11.6 Å². The average molecular weight is 440 g/mol. The third-order valence-electron chi connectivity index (χ3n) is 5.05. The van der Waals surface area contributed by atoms with Crippen LogP contribution in [0.3, 0.4) is 0 Å². The Hall–Kier alpha value is -3.03. The lowest BCUT2D eigenvalue weighted by Gasteiger charge is -2.20. The summed E-state index contributed by atoms with van der Waals surface area (Å²) >= 11 is 5.97. The molecule has 0 amide bonds. The SMILES string of the molecule is CN(C)CCCN(C)c1ncnc2oc(-c3ccc(Cl)nc3)c(-c3ccc(F)cc3)c12. The van der Waals surface area contributed by atoms with E-state index in [1.54, 1.807) is 24.4 Å². The summed E-state index contributed by atoms with van der Waals surface area (Å²) in [6.45, 7) is 1.78. The fourth-order valence-corrected chi connectivity index (χ4v) is 3.65. The van der Waals surface area contributed by atoms with E-state index in [1.807, 2.05) is 13.1 Å². The molecule has 0 aliphatic carbocycles. The maximum absolute atomic E-state index is 13.6. The Balaban J connectivity index is 1.89. The van der Waals surface area contributed by atoms with Gasteiger partial charge < -0.3 is 14.2 Å². The molecule has 0 aliphatic heterocycles. The van der Waals surface area contributed by atoms with Crippen LogP contribution in [-0.4, -0.2) is 54.1 Å². The highest BCUT2D eigenvalue weighted by Crippen LogP contribution is 2.43. The van der Waals surface area contributed by atoms with Crippen LogP contribution < -0.4 is 4.90 Å². The molecule has 0 unspecified atom stereocenters. The maximum atomic E-state index is 13.6. The van der Waals surface area contributed by atoms with E-state index in [1.165, 1.54) is 18.5 Å². The highest BCUT2D eigenvalue weighted by Gasteiger charge is 2.23. The van der Waals surface area contributed by atoms with Crippen molar-refractivity contribution in [2.24, 2.45) is 0 Å². The second kappa shape index (κ2) is 8.99. The van der Waals surface area contributed by atoms with Crippen molar-refractivity contribution in [1.29, 1.82) is 0 Å². The van der Waals surface area contributed by atoms with Crippen LogP contribution in [0.2, 0.25) is 5.15 Å². The highest BCUT2D eigenvalue weighted by molar-refractivity contribution is 6.29. The maximum Gasteiger partial charge on any atom is 0.232 e. The lowest BCUT2D eigenvalue weighted by molar-refractivity contribution is 0.401. The second-order valence-corrected chi connectivity index (χ2v) is 8.03. The van der Waals surface area contributed by atoms with Crippen LogP contribution in [0.1, 0.15) is 6.42 Å². The summed E-state index contributed by atoms with van der Waals surface area (Å²) in [5.41, 5.74) is 2.83. The van der Waals surface area contributed by atoms with E-state index >= 15 is 0 Å². The molecular formula is C23H23ClFN5O. The van der Waals surface area contributed by atoms with Gasteiger partial charge in [0.25, 0.3) is 0 Å². The lowest BCUT2D eigenvalue weighted by Crippen LogP contribution is -2.24. The van der Waals surface area contributed by atoms with Gasteiger partial charge in [-0.15, -0.1) is 0 Å². The number of halogens is 2. The highest BCUT2D eigenvalue weighted by atomic mass is 35.5. The van der Waals surface area contributed by atoms with Crippen molar-refractivity contribution in [3.05, 3.63) is 59.9 Å². The molecule has 0 fully saturated rings. The van der Waals surface area contributed by atoms with E-state index < -0.39 is 0 Å². The van der Waals surface area contributed by atoms with Crippen LogP contribution in [0, 0.1) is 5.82 Å². The van der Waals surface area contributed by atoms with E-state index in [9.17, 15) is 4.39 Å². The van der Waals surface area contributed by atoms with Crippen molar-refractivity contribution >= 4 is 28.5 Å². The van der Waals surface area contributed by atoms with E-state index in [2.05, 4.69) is 38.8 Å². The zero-order valence-electron chi connectivity index (χ0n) is 17.6. The van der Waals surface area contributed by atoms with Gasteiger partial charge in [0, 0.05) is 30.9 Å². The molecule has 6 nitrogen and oxygen atoms in total. The first-order chi connectivity index (χ1) is 14.9. The minimum Gasteiger partial charge on any atom is -0.437 e. The molecule has 0 N–H and O–H groups in total. The van der Waals surface area contributed by atoms with Crippen LogP contribution in [0.4, 0.5) is 10.2 Å². The zero-order valence-corrected chi connectivity index (χ0v) is 18.4. The minimum absolute atomic E-state index is 0.302. The number of fused-ring (bicyclic) bond motifs is 1. The number of nitrogens with zero attached hydrogens (tertiary/aromatic N) is 5. The Morgan fingerprint density at radius 2 is 1.68 bits per heavy atom. The van der Waals surface area contributed by atoms with Crippen molar-refractivity contribution in [2.45, 2.75) is 6.42 Å². The average Bonchev–Trinajstić information content (AvgIpc) is 3.14. The molecule has 0 saturated heterocycles. The molecule has 4 aromatic rings. The van der Waals surface area contributed by atoms with Gasteiger partial charge in [-0.2, -0.15) is 0 Å². The van der Waals surface area contributed by atoms with Crippen molar-refractivity contribution in [3.8, 4) is 22.5 Å². The quantitative estimate of drug-likeness (QED) is 0.372. The van der Waals surface area contributed by atoms with Crippen molar-refractivity contribution < 1.29 is 8.81 Å². The van der Waals surface area contributed by atoms with Gasteiger partial charge in [-0.25, -0.2) is 19.3 Å². The molecule has 0 aliphatic rings. The van der Waals surface area contributed by atoms with Crippen molar-refractivity contribution in [1.82, 2.24) is 19.9 Å². The molecule has 1 aromatic carbocycles. The number of anilines is 1. The Morgan fingerprint density at radius 1 is 0.935 bits per heavy atom. The summed E-state index contributed by atoms with van der Waals surface area (Å²) < 4.78 is 19.8. The topological polar surface area (TPSA) is 58.3 Å². The van der Waals surface area contributed by atoms with Gasteiger partial charge >= 0.3 is 0 Å². The molecule has 0 spiro atoms. The Morgan fingerprint density at radius 3 is 2.35 bits per heavy atom. The van der Waals surface area contributed by atoms with Crippen LogP contribution in [-0.2, 0) is 0 Å². The Bertz CT molecular complexity index is 1180. The number of hydrogen-bond acceptors (Lipinski definition) is 6. The van der Waals surface area contributed by atoms with Crippen molar-refractivity contribution in [3.63, 3.8) is 0 Å². The molecule has 3 heterocycles. The summed E-state index contributed by atoms with van der Waals surface area (Å²) in [7, 11) is 6.11. The summed E-state index contributed by atoms with van der Waals surface area (Å²) in [4.78, 5) is 17.4. The summed E-state index contributed by atoms with van der Waals surface area (Å²) in [6.07, 6.45) is 4.13. The van der Waals surface area contributed by atoms with E-state index in [0.29, 0.717) is 16.6 Å². The normalized spacial score (nSPS) is 11.4. The number of pyridine rings is 1. The van der Waals surface area contributed by atoms with Crippen LogP contribution in [0.25, 0.3) is 33.6 Å². The molecular weight excluding hydrogens is 417 g/mol. The standard InChI is InChI=1S/C23H23ClFN5O/c1-29(2)11-4-12-30(3)22-20-19(15-5-8-17(25)9-6-15)21(31-23(20)28-14-27-22)16-7-10-18(24)26-13-16/h5-10,13-14H,4,11-12H2,1-3H3. The first-order valence-electron chi connectivity index (χ1n) is 9.95.